The maximum atomic E-state index is 12.8. The number of nitrogens with zero attached hydrogens (tertiary/aromatic N) is 1. The number of rotatable bonds is 4. The first-order valence-electron chi connectivity index (χ1n) is 7.94. The number of aryl methyl sites for hydroxylation is 1. The quantitative estimate of drug-likeness (QED) is 0.581. The van der Waals surface area contributed by atoms with E-state index in [2.05, 4.69) is 0 Å². The lowest BCUT2D eigenvalue weighted by molar-refractivity contribution is -0.118. The average molecular weight is 340 g/mol. The van der Waals surface area contributed by atoms with Crippen molar-refractivity contribution in [3.63, 3.8) is 0 Å². The second-order valence-corrected chi connectivity index (χ2v) is 6.00. The molecule has 0 radical (unpaired) electrons. The fourth-order valence-electron chi connectivity index (χ4n) is 2.59. The Morgan fingerprint density at radius 2 is 1.96 bits per heavy atom. The van der Waals surface area contributed by atoms with Gasteiger partial charge in [-0.25, -0.2) is 0 Å². The number of hydrogen-bond acceptors (Lipinski definition) is 5. The number of nitrogen functional groups attached to an aromatic ring is 1. The molecule has 1 atom stereocenters. The number of amides is 1. The molecule has 0 spiro atoms. The Morgan fingerprint density at radius 1 is 1.24 bits per heavy atom. The van der Waals surface area contributed by atoms with Crippen LogP contribution in [0.5, 0.6) is 5.75 Å². The molecule has 6 nitrogen and oxygen atoms in total. The van der Waals surface area contributed by atoms with Gasteiger partial charge in [0, 0.05) is 11.8 Å². The number of fused-ring (bicyclic) bond motifs is 1. The Balaban J connectivity index is 2.01. The lowest BCUT2D eigenvalue weighted by Gasteiger charge is -2.31. The molecule has 1 heterocycles. The van der Waals surface area contributed by atoms with E-state index in [1.54, 1.807) is 24.3 Å². The molecular formula is C19H20N2O4. The molecule has 0 bridgehead atoms. The van der Waals surface area contributed by atoms with Crippen LogP contribution in [-0.2, 0) is 4.79 Å². The van der Waals surface area contributed by atoms with Gasteiger partial charge in [-0.15, -0.1) is 0 Å². The molecule has 1 amide bonds. The highest BCUT2D eigenvalue weighted by molar-refractivity contribution is 6.10. The van der Waals surface area contributed by atoms with Crippen molar-refractivity contribution in [1.82, 2.24) is 0 Å². The van der Waals surface area contributed by atoms with Crippen LogP contribution in [0.25, 0.3) is 6.08 Å². The molecule has 0 aliphatic carbocycles. The third kappa shape index (κ3) is 3.65. The van der Waals surface area contributed by atoms with Crippen molar-refractivity contribution in [3.8, 4) is 5.75 Å². The van der Waals surface area contributed by atoms with E-state index in [-0.39, 0.29) is 18.2 Å². The monoisotopic (exact) mass is 340 g/mol. The van der Waals surface area contributed by atoms with Crippen LogP contribution in [0, 0.1) is 6.92 Å². The molecule has 1 aliphatic heterocycles. The van der Waals surface area contributed by atoms with Crippen LogP contribution >= 0.6 is 0 Å². The molecule has 4 N–H and O–H groups in total. The van der Waals surface area contributed by atoms with Gasteiger partial charge in [-0.2, -0.15) is 0 Å². The maximum absolute atomic E-state index is 12.8. The molecule has 0 fully saturated rings. The predicted molar refractivity (Wildman–Crippen MR) is 96.1 cm³/mol. The summed E-state index contributed by atoms with van der Waals surface area (Å²) in [6.07, 6.45) is 0.597. The van der Waals surface area contributed by atoms with Gasteiger partial charge in [0.05, 0.1) is 24.9 Å². The van der Waals surface area contributed by atoms with Gasteiger partial charge in [0.1, 0.15) is 0 Å². The van der Waals surface area contributed by atoms with Gasteiger partial charge in [0.25, 0.3) is 5.91 Å². The Bertz CT molecular complexity index is 815. The number of aliphatic hydroxyl groups is 2. The van der Waals surface area contributed by atoms with Crippen molar-refractivity contribution in [2.24, 2.45) is 0 Å². The summed E-state index contributed by atoms with van der Waals surface area (Å²) in [5, 5.41) is 18.9. The number of carbonyl (C=O) groups excluding carboxylic acids is 1. The van der Waals surface area contributed by atoms with Gasteiger partial charge < -0.3 is 20.7 Å². The normalized spacial score (nSPS) is 16.5. The minimum atomic E-state index is -1.05. The van der Waals surface area contributed by atoms with E-state index in [0.29, 0.717) is 17.1 Å². The minimum absolute atomic E-state index is 0.0408. The third-order valence-electron chi connectivity index (χ3n) is 3.93. The van der Waals surface area contributed by atoms with Gasteiger partial charge >= 0.3 is 0 Å². The highest BCUT2D eigenvalue weighted by Gasteiger charge is 2.31. The molecule has 2 aromatic carbocycles. The fourth-order valence-corrected chi connectivity index (χ4v) is 2.59. The van der Waals surface area contributed by atoms with Gasteiger partial charge in [0.15, 0.2) is 11.5 Å². The second-order valence-electron chi connectivity index (χ2n) is 6.00. The first-order chi connectivity index (χ1) is 12.0. The first-order valence-corrected chi connectivity index (χ1v) is 7.94. The molecule has 0 saturated heterocycles. The van der Waals surface area contributed by atoms with Crippen molar-refractivity contribution >= 4 is 23.4 Å². The lowest BCUT2D eigenvalue weighted by atomic mass is 10.1. The number of anilines is 2. The number of β-amino-alcohol motifs (C(OH)–C–C–N with tert-alkyl or cyclic N) is 1. The summed E-state index contributed by atoms with van der Waals surface area (Å²) in [5.41, 5.74) is 8.76. The van der Waals surface area contributed by atoms with Crippen molar-refractivity contribution in [2.45, 2.75) is 13.0 Å². The van der Waals surface area contributed by atoms with Crippen LogP contribution in [0.3, 0.4) is 0 Å². The van der Waals surface area contributed by atoms with Gasteiger partial charge in [0.2, 0.25) is 0 Å². The number of aliphatic hydroxyl groups excluding tert-OH is 2. The Kier molecular flexibility index (Phi) is 4.74. The number of nitrogens with two attached hydrogens (primary N) is 1. The van der Waals surface area contributed by atoms with Crippen LogP contribution in [0.4, 0.5) is 11.4 Å². The molecular weight excluding hydrogens is 320 g/mol. The number of carbonyl (C=O) groups is 1. The maximum Gasteiger partial charge on any atom is 0.294 e. The zero-order valence-electron chi connectivity index (χ0n) is 13.8. The summed E-state index contributed by atoms with van der Waals surface area (Å²) in [6, 6.07) is 12.6. The Labute approximate surface area is 145 Å². The zero-order chi connectivity index (χ0) is 18.0. The molecule has 3 rings (SSSR count). The third-order valence-corrected chi connectivity index (χ3v) is 3.93. The molecule has 1 unspecified atom stereocenters. The topological polar surface area (TPSA) is 96.0 Å². The highest BCUT2D eigenvalue weighted by atomic mass is 16.5. The van der Waals surface area contributed by atoms with E-state index >= 15 is 0 Å². The summed E-state index contributed by atoms with van der Waals surface area (Å²) >= 11 is 0. The van der Waals surface area contributed by atoms with Crippen molar-refractivity contribution in [2.75, 3.05) is 23.8 Å². The summed E-state index contributed by atoms with van der Waals surface area (Å²) in [4.78, 5) is 14.2. The number of benzene rings is 2. The van der Waals surface area contributed by atoms with E-state index in [4.69, 9.17) is 15.6 Å². The van der Waals surface area contributed by atoms with Gasteiger partial charge in [-0.3, -0.25) is 9.69 Å². The Morgan fingerprint density at radius 3 is 2.64 bits per heavy atom. The summed E-state index contributed by atoms with van der Waals surface area (Å²) < 4.78 is 5.75. The van der Waals surface area contributed by atoms with Crippen LogP contribution in [-0.4, -0.2) is 35.4 Å². The van der Waals surface area contributed by atoms with Crippen molar-refractivity contribution in [3.05, 3.63) is 59.4 Å². The minimum Gasteiger partial charge on any atom is -0.449 e. The fraction of sp³-hybridized carbons (Fsp3) is 0.211. The first kappa shape index (κ1) is 17.0. The summed E-state index contributed by atoms with van der Waals surface area (Å²) in [7, 11) is 0. The van der Waals surface area contributed by atoms with E-state index in [9.17, 15) is 9.90 Å². The van der Waals surface area contributed by atoms with Crippen LogP contribution in [0.2, 0.25) is 0 Å². The van der Waals surface area contributed by atoms with E-state index in [1.807, 2.05) is 31.2 Å². The lowest BCUT2D eigenvalue weighted by Crippen LogP contribution is -2.43. The molecule has 0 saturated carbocycles. The molecule has 1 aliphatic rings. The molecule has 0 aromatic heterocycles. The Hall–Kier alpha value is -2.83. The summed E-state index contributed by atoms with van der Waals surface area (Å²) in [6.45, 7) is 1.50. The standard InChI is InChI=1S/C19H20N2O4/c1-12-2-4-13(5-3-12)8-18-19(24)21(10-15(23)11-22)16-7-6-14(20)9-17(16)25-18/h2-9,15,22-23H,10-11,20H2,1H3/b18-8+. The van der Waals surface area contributed by atoms with Crippen LogP contribution in [0.15, 0.2) is 48.2 Å². The number of ether oxygens (including phenoxy) is 1. The predicted octanol–water partition coefficient (Wildman–Crippen LogP) is 1.70. The van der Waals surface area contributed by atoms with Gasteiger partial charge in [-0.05, 0) is 30.7 Å². The molecule has 6 heteroatoms. The SMILES string of the molecule is Cc1ccc(/C=C2/Oc3cc(N)ccc3N(CC(O)CO)C2=O)cc1. The van der Waals surface area contributed by atoms with Crippen molar-refractivity contribution in [1.29, 1.82) is 0 Å². The van der Waals surface area contributed by atoms with E-state index < -0.39 is 12.7 Å². The smallest absolute Gasteiger partial charge is 0.294 e. The van der Waals surface area contributed by atoms with Crippen LogP contribution < -0.4 is 15.4 Å². The van der Waals surface area contributed by atoms with Crippen LogP contribution in [0.1, 0.15) is 11.1 Å². The highest BCUT2D eigenvalue weighted by Crippen LogP contribution is 2.37. The van der Waals surface area contributed by atoms with Crippen molar-refractivity contribution < 1.29 is 19.7 Å². The zero-order valence-corrected chi connectivity index (χ0v) is 13.8. The van der Waals surface area contributed by atoms with E-state index in [1.165, 1.54) is 4.90 Å². The molecule has 2 aromatic rings. The molecule has 130 valence electrons. The largest absolute Gasteiger partial charge is 0.449 e. The van der Waals surface area contributed by atoms with Gasteiger partial charge in [-0.1, -0.05) is 29.8 Å². The average Bonchev–Trinajstić information content (AvgIpc) is 2.60. The summed E-state index contributed by atoms with van der Waals surface area (Å²) in [5.74, 6) is 0.181. The van der Waals surface area contributed by atoms with E-state index in [0.717, 1.165) is 11.1 Å². The molecule has 25 heavy (non-hydrogen) atoms. The second kappa shape index (κ2) is 6.96. The number of hydrogen-bond donors (Lipinski definition) is 3.